The summed E-state index contributed by atoms with van der Waals surface area (Å²) < 4.78 is 31.9. The van der Waals surface area contributed by atoms with E-state index in [9.17, 15) is 18.0 Å². The van der Waals surface area contributed by atoms with Crippen molar-refractivity contribution in [2.45, 2.75) is 46.2 Å². The van der Waals surface area contributed by atoms with Crippen LogP contribution < -0.4 is 14.4 Å². The second-order valence-corrected chi connectivity index (χ2v) is 10.1. The number of rotatable bonds is 12. The van der Waals surface area contributed by atoms with Crippen molar-refractivity contribution in [1.29, 1.82) is 0 Å². The number of anilines is 1. The fourth-order valence-electron chi connectivity index (χ4n) is 3.66. The molecule has 0 saturated heterocycles. The molecule has 34 heavy (non-hydrogen) atoms. The lowest BCUT2D eigenvalue weighted by atomic mass is 10.1. The topological polar surface area (TPSA) is 96.0 Å². The third kappa shape index (κ3) is 7.21. The van der Waals surface area contributed by atoms with Crippen LogP contribution in [0.25, 0.3) is 0 Å². The van der Waals surface area contributed by atoms with Gasteiger partial charge in [0.1, 0.15) is 18.3 Å². The number of amides is 2. The molecule has 0 fully saturated rings. The number of carbonyl (C=O) groups is 2. The van der Waals surface area contributed by atoms with Crippen LogP contribution in [0.2, 0.25) is 0 Å². The van der Waals surface area contributed by atoms with Gasteiger partial charge in [-0.25, -0.2) is 8.42 Å². The monoisotopic (exact) mass is 489 g/mol. The summed E-state index contributed by atoms with van der Waals surface area (Å²) in [5.74, 6) is -0.393. The van der Waals surface area contributed by atoms with Gasteiger partial charge >= 0.3 is 0 Å². The van der Waals surface area contributed by atoms with E-state index < -0.39 is 28.5 Å². The molecule has 0 bridgehead atoms. The Kier molecular flexibility index (Phi) is 9.92. The zero-order valence-electron chi connectivity index (χ0n) is 20.6. The molecule has 0 aliphatic carbocycles. The summed E-state index contributed by atoms with van der Waals surface area (Å²) in [6.45, 7) is 5.84. The molecule has 2 amide bonds. The Labute approximate surface area is 202 Å². The minimum atomic E-state index is -3.83. The van der Waals surface area contributed by atoms with E-state index in [0.717, 1.165) is 28.1 Å². The van der Waals surface area contributed by atoms with E-state index in [1.807, 2.05) is 51.1 Å². The highest BCUT2D eigenvalue weighted by Gasteiger charge is 2.32. The third-order valence-corrected chi connectivity index (χ3v) is 6.54. The first-order chi connectivity index (χ1) is 16.1. The van der Waals surface area contributed by atoms with Crippen molar-refractivity contribution < 1.29 is 22.7 Å². The second-order valence-electron chi connectivity index (χ2n) is 8.17. The number of nitrogens with zero attached hydrogens (tertiary/aromatic N) is 2. The molecule has 186 valence electrons. The summed E-state index contributed by atoms with van der Waals surface area (Å²) in [6.07, 6.45) is 2.21. The van der Waals surface area contributed by atoms with Gasteiger partial charge in [-0.15, -0.1) is 0 Å². The molecule has 0 spiro atoms. The first-order valence-electron chi connectivity index (χ1n) is 11.4. The molecule has 0 unspecified atom stereocenters. The fraction of sp³-hybridized carbons (Fsp3) is 0.440. The van der Waals surface area contributed by atoms with Gasteiger partial charge in [0.05, 0.1) is 19.1 Å². The molecule has 0 aliphatic rings. The zero-order chi connectivity index (χ0) is 25.3. The molecule has 2 aromatic carbocycles. The average molecular weight is 490 g/mol. The summed E-state index contributed by atoms with van der Waals surface area (Å²) in [5.41, 5.74) is 1.95. The van der Waals surface area contributed by atoms with Gasteiger partial charge in [-0.1, -0.05) is 50.2 Å². The van der Waals surface area contributed by atoms with Crippen LogP contribution in [-0.4, -0.2) is 57.6 Å². The highest BCUT2D eigenvalue weighted by molar-refractivity contribution is 7.92. The van der Waals surface area contributed by atoms with Crippen LogP contribution in [0, 0.1) is 6.92 Å². The SMILES string of the molecule is CCCNC(=O)[C@H](CC)N(Cc1ccccc1)C(=O)CN(c1cc(C)ccc1OC)S(C)(=O)=O. The van der Waals surface area contributed by atoms with Crippen LogP contribution in [0.4, 0.5) is 5.69 Å². The van der Waals surface area contributed by atoms with E-state index in [4.69, 9.17) is 4.74 Å². The summed E-state index contributed by atoms with van der Waals surface area (Å²) in [7, 11) is -2.38. The smallest absolute Gasteiger partial charge is 0.244 e. The van der Waals surface area contributed by atoms with Crippen molar-refractivity contribution >= 4 is 27.5 Å². The fourth-order valence-corrected chi connectivity index (χ4v) is 4.50. The maximum Gasteiger partial charge on any atom is 0.244 e. The number of nitrogens with one attached hydrogen (secondary N) is 1. The molecule has 0 aromatic heterocycles. The lowest BCUT2D eigenvalue weighted by molar-refractivity contribution is -0.140. The summed E-state index contributed by atoms with van der Waals surface area (Å²) in [4.78, 5) is 28.0. The van der Waals surface area contributed by atoms with Gasteiger partial charge in [0.15, 0.2) is 0 Å². The largest absolute Gasteiger partial charge is 0.495 e. The Morgan fingerprint density at radius 3 is 2.32 bits per heavy atom. The number of ether oxygens (including phenoxy) is 1. The number of carbonyl (C=O) groups excluding carboxylic acids is 2. The van der Waals surface area contributed by atoms with Gasteiger partial charge in [0.2, 0.25) is 21.8 Å². The van der Waals surface area contributed by atoms with Crippen molar-refractivity contribution in [2.24, 2.45) is 0 Å². The molecule has 1 atom stereocenters. The maximum atomic E-state index is 13.6. The first kappa shape index (κ1) is 27.2. The lowest BCUT2D eigenvalue weighted by Gasteiger charge is -2.33. The maximum absolute atomic E-state index is 13.6. The second kappa shape index (κ2) is 12.4. The number of methoxy groups -OCH3 is 1. The predicted molar refractivity (Wildman–Crippen MR) is 134 cm³/mol. The van der Waals surface area contributed by atoms with Crippen LogP contribution in [0.1, 0.15) is 37.8 Å². The highest BCUT2D eigenvalue weighted by Crippen LogP contribution is 2.31. The molecule has 2 rings (SSSR count). The number of hydrogen-bond donors (Lipinski definition) is 1. The summed E-state index contributed by atoms with van der Waals surface area (Å²) in [5, 5.41) is 2.86. The van der Waals surface area contributed by atoms with Gasteiger partial charge in [0.25, 0.3) is 0 Å². The van der Waals surface area contributed by atoms with Crippen molar-refractivity contribution in [3.05, 3.63) is 59.7 Å². The van der Waals surface area contributed by atoms with Crippen LogP contribution in [0.15, 0.2) is 48.5 Å². The quantitative estimate of drug-likeness (QED) is 0.494. The zero-order valence-corrected chi connectivity index (χ0v) is 21.4. The molecule has 0 radical (unpaired) electrons. The summed E-state index contributed by atoms with van der Waals surface area (Å²) in [6, 6.07) is 13.7. The number of aryl methyl sites for hydroxylation is 1. The standard InChI is InChI=1S/C25H35N3O5S/c1-6-15-26-25(30)21(7-2)27(17-20-11-9-8-10-12-20)24(29)18-28(34(5,31)32)22-16-19(3)13-14-23(22)33-4/h8-14,16,21H,6-7,15,17-18H2,1-5H3,(H,26,30)/t21-/m0/s1. The molecule has 0 aliphatic heterocycles. The van der Waals surface area contributed by atoms with E-state index in [2.05, 4.69) is 5.32 Å². The van der Waals surface area contributed by atoms with Gasteiger partial charge in [0, 0.05) is 13.1 Å². The number of benzene rings is 2. The highest BCUT2D eigenvalue weighted by atomic mass is 32.2. The van der Waals surface area contributed by atoms with Crippen LogP contribution in [0.3, 0.4) is 0 Å². The molecule has 2 aromatic rings. The molecule has 0 saturated carbocycles. The molecule has 1 N–H and O–H groups in total. The minimum absolute atomic E-state index is 0.181. The lowest BCUT2D eigenvalue weighted by Crippen LogP contribution is -2.52. The molecular formula is C25H35N3O5S. The Hall–Kier alpha value is -3.07. The van der Waals surface area contributed by atoms with Gasteiger partial charge in [-0.3, -0.25) is 13.9 Å². The Morgan fingerprint density at radius 2 is 1.76 bits per heavy atom. The van der Waals surface area contributed by atoms with Crippen molar-refractivity contribution in [1.82, 2.24) is 10.2 Å². The number of hydrogen-bond acceptors (Lipinski definition) is 5. The molecule has 9 heteroatoms. The van der Waals surface area contributed by atoms with E-state index in [0.29, 0.717) is 18.7 Å². The average Bonchev–Trinajstić information content (AvgIpc) is 2.80. The van der Waals surface area contributed by atoms with E-state index in [1.54, 1.807) is 18.2 Å². The van der Waals surface area contributed by atoms with Crippen molar-refractivity contribution in [2.75, 3.05) is 30.8 Å². The minimum Gasteiger partial charge on any atom is -0.495 e. The van der Waals surface area contributed by atoms with E-state index in [1.165, 1.54) is 12.0 Å². The van der Waals surface area contributed by atoms with Crippen LogP contribution in [0.5, 0.6) is 5.75 Å². The van der Waals surface area contributed by atoms with Crippen molar-refractivity contribution in [3.63, 3.8) is 0 Å². The van der Waals surface area contributed by atoms with Crippen LogP contribution >= 0.6 is 0 Å². The normalized spacial score (nSPS) is 12.0. The molecular weight excluding hydrogens is 454 g/mol. The van der Waals surface area contributed by atoms with Gasteiger partial charge in [-0.05, 0) is 43.0 Å². The van der Waals surface area contributed by atoms with E-state index >= 15 is 0 Å². The Balaban J connectivity index is 2.47. The Morgan fingerprint density at radius 1 is 1.09 bits per heavy atom. The van der Waals surface area contributed by atoms with Gasteiger partial charge in [-0.2, -0.15) is 0 Å². The Bertz CT molecular complexity index is 1070. The molecule has 8 nitrogen and oxygen atoms in total. The van der Waals surface area contributed by atoms with Gasteiger partial charge < -0.3 is 15.0 Å². The van der Waals surface area contributed by atoms with Crippen LogP contribution in [-0.2, 0) is 26.2 Å². The predicted octanol–water partition coefficient (Wildman–Crippen LogP) is 3.10. The summed E-state index contributed by atoms with van der Waals surface area (Å²) >= 11 is 0. The molecule has 0 heterocycles. The number of sulfonamides is 1. The first-order valence-corrected chi connectivity index (χ1v) is 13.2. The van der Waals surface area contributed by atoms with Crippen molar-refractivity contribution in [3.8, 4) is 5.75 Å². The third-order valence-electron chi connectivity index (χ3n) is 5.41. The van der Waals surface area contributed by atoms with E-state index in [-0.39, 0.29) is 18.1 Å².